The van der Waals surface area contributed by atoms with E-state index in [0.717, 1.165) is 51.6 Å². The molecule has 0 aliphatic carbocycles. The van der Waals surface area contributed by atoms with Gasteiger partial charge in [-0.3, -0.25) is 0 Å². The fourth-order valence-corrected chi connectivity index (χ4v) is 12.7. The Morgan fingerprint density at radius 1 is 1.00 bits per heavy atom. The van der Waals surface area contributed by atoms with Gasteiger partial charge in [0.1, 0.15) is 24.4 Å². The van der Waals surface area contributed by atoms with Gasteiger partial charge in [0.15, 0.2) is 17.2 Å². The molecule has 0 saturated carbocycles. The number of fused-ring (bicyclic) bond motifs is 3. The molecule has 0 amide bonds. The summed E-state index contributed by atoms with van der Waals surface area (Å²) in [4.78, 5) is 11.7. The Bertz CT molecular complexity index is 1550. The van der Waals surface area contributed by atoms with Gasteiger partial charge in [-0.15, -0.1) is 11.8 Å². The van der Waals surface area contributed by atoms with E-state index in [0.29, 0.717) is 50.0 Å². The number of aliphatic hydroxyl groups excluding tert-OH is 3. The van der Waals surface area contributed by atoms with Gasteiger partial charge < -0.3 is 58.7 Å². The Kier molecular flexibility index (Phi) is 12.2. The third-order valence-electron chi connectivity index (χ3n) is 14.9. The zero-order chi connectivity index (χ0) is 41.4. The van der Waals surface area contributed by atoms with Gasteiger partial charge in [-0.2, -0.15) is 0 Å². The lowest BCUT2D eigenvalue weighted by molar-refractivity contribution is -0.350. The smallest absolute Gasteiger partial charge is 0.335 e. The highest BCUT2D eigenvalue weighted by molar-refractivity contribution is 8.08. The van der Waals surface area contributed by atoms with Crippen molar-refractivity contribution >= 4 is 17.7 Å². The van der Waals surface area contributed by atoms with E-state index >= 15 is 0 Å². The molecule has 8 aliphatic rings. The molecule has 0 radical (unpaired) electrons. The van der Waals surface area contributed by atoms with Crippen molar-refractivity contribution in [2.24, 2.45) is 17.8 Å². The molecule has 0 bridgehead atoms. The summed E-state index contributed by atoms with van der Waals surface area (Å²) >= 11 is 1.72. The fraction of sp³-hybridized carbons (Fsp3) is 0.886. The van der Waals surface area contributed by atoms with Crippen LogP contribution in [0.5, 0.6) is 0 Å². The van der Waals surface area contributed by atoms with Crippen molar-refractivity contribution in [1.29, 1.82) is 0 Å². The highest BCUT2D eigenvalue weighted by Gasteiger charge is 2.72. The lowest BCUT2D eigenvalue weighted by atomic mass is 9.79. The van der Waals surface area contributed by atoms with Gasteiger partial charge >= 0.3 is 5.97 Å². The van der Waals surface area contributed by atoms with Crippen LogP contribution in [0, 0.1) is 17.8 Å². The SMILES string of the molecule is C=C1[C@@H](O)[C@H]2O[C@]3(CC[C@H](C=C[C@@H](C)[C@@H]4C[C@@]5(C)S[C@@H]5[C@@]5(O[C@H](C[C@@](C)(O)C(=O)O)CC[C@@H]5O)O4)O3)CC[C@H]2O[C@@H]1C(O)C[C@H](C)[C@@H]1O[C@@]2(CCCCO2)CC[C@H]1C. The van der Waals surface area contributed by atoms with Crippen molar-refractivity contribution < 1.29 is 63.5 Å². The third kappa shape index (κ3) is 8.25. The van der Waals surface area contributed by atoms with E-state index in [-0.39, 0.29) is 46.6 Å². The average molecular weight is 837 g/mol. The number of aliphatic hydroxyl groups is 4. The number of rotatable bonds is 10. The van der Waals surface area contributed by atoms with Crippen LogP contribution in [0.3, 0.4) is 0 Å². The number of carboxylic acid groups (broad SMARTS) is 1. The van der Waals surface area contributed by atoms with Crippen molar-refractivity contribution in [2.75, 3.05) is 6.61 Å². The van der Waals surface area contributed by atoms with E-state index in [1.807, 2.05) is 0 Å². The maximum absolute atomic E-state index is 11.7. The Hall–Kier alpha value is -1.14. The molecule has 0 aromatic rings. The van der Waals surface area contributed by atoms with Gasteiger partial charge in [-0.05, 0) is 89.0 Å². The van der Waals surface area contributed by atoms with E-state index in [9.17, 15) is 30.3 Å². The Morgan fingerprint density at radius 2 is 1.76 bits per heavy atom. The molecule has 13 nitrogen and oxygen atoms in total. The molecule has 8 saturated heterocycles. The van der Waals surface area contributed by atoms with E-state index in [4.69, 9.17) is 33.2 Å². The maximum atomic E-state index is 11.7. The van der Waals surface area contributed by atoms with Crippen molar-refractivity contribution in [3.8, 4) is 0 Å². The predicted octanol–water partition coefficient (Wildman–Crippen LogP) is 5.14. The van der Waals surface area contributed by atoms with Crippen LogP contribution in [0.25, 0.3) is 0 Å². The quantitative estimate of drug-likeness (QED) is 0.144. The number of carbonyl (C=O) groups is 1. The van der Waals surface area contributed by atoms with Crippen molar-refractivity contribution in [3.63, 3.8) is 0 Å². The van der Waals surface area contributed by atoms with Gasteiger partial charge in [-0.25, -0.2) is 4.79 Å². The van der Waals surface area contributed by atoms with Crippen LogP contribution in [0.1, 0.15) is 125 Å². The van der Waals surface area contributed by atoms with Crippen molar-refractivity contribution in [1.82, 2.24) is 0 Å². The molecule has 1 unspecified atom stereocenters. The van der Waals surface area contributed by atoms with E-state index in [1.54, 1.807) is 11.8 Å². The first kappa shape index (κ1) is 43.5. The van der Waals surface area contributed by atoms with Crippen LogP contribution >= 0.6 is 11.8 Å². The zero-order valence-corrected chi connectivity index (χ0v) is 35.8. The minimum atomic E-state index is -1.95. The summed E-state index contributed by atoms with van der Waals surface area (Å²) < 4.78 is 45.6. The Morgan fingerprint density at radius 3 is 2.50 bits per heavy atom. The molecule has 3 spiro atoms. The van der Waals surface area contributed by atoms with Crippen LogP contribution in [-0.2, 0) is 38.0 Å². The number of aliphatic carboxylic acids is 1. The van der Waals surface area contributed by atoms with Gasteiger partial charge in [0.05, 0.1) is 48.5 Å². The summed E-state index contributed by atoms with van der Waals surface area (Å²) in [6, 6.07) is 0. The molecule has 8 heterocycles. The summed E-state index contributed by atoms with van der Waals surface area (Å²) in [7, 11) is 0. The molecule has 328 valence electrons. The van der Waals surface area contributed by atoms with E-state index in [1.165, 1.54) is 6.92 Å². The van der Waals surface area contributed by atoms with Gasteiger partial charge in [0.2, 0.25) is 5.79 Å². The molecule has 58 heavy (non-hydrogen) atoms. The highest BCUT2D eigenvalue weighted by atomic mass is 32.2. The van der Waals surface area contributed by atoms with Crippen LogP contribution in [-0.4, -0.2) is 132 Å². The fourth-order valence-electron chi connectivity index (χ4n) is 11.3. The average Bonchev–Trinajstić information content (AvgIpc) is 3.74. The molecule has 0 aromatic heterocycles. The van der Waals surface area contributed by atoms with Crippen molar-refractivity contribution in [3.05, 3.63) is 24.3 Å². The Labute approximate surface area is 347 Å². The molecular weight excluding hydrogens is 769 g/mol. The van der Waals surface area contributed by atoms with E-state index in [2.05, 4.69) is 46.4 Å². The molecule has 8 fully saturated rings. The monoisotopic (exact) mass is 836 g/mol. The first-order chi connectivity index (χ1) is 27.4. The van der Waals surface area contributed by atoms with E-state index < -0.39 is 71.7 Å². The number of ether oxygens (including phenoxy) is 7. The minimum Gasteiger partial charge on any atom is -0.479 e. The van der Waals surface area contributed by atoms with Gasteiger partial charge in [0, 0.05) is 42.8 Å². The second-order valence-corrected chi connectivity index (χ2v) is 21.3. The molecule has 19 atom stereocenters. The zero-order valence-electron chi connectivity index (χ0n) is 35.0. The number of hydrogen-bond donors (Lipinski definition) is 5. The Balaban J connectivity index is 0.852. The summed E-state index contributed by atoms with van der Waals surface area (Å²) in [5.74, 6) is -3.61. The number of carboxylic acids is 1. The molecule has 5 N–H and O–H groups in total. The van der Waals surface area contributed by atoms with Gasteiger partial charge in [0.25, 0.3) is 0 Å². The molecule has 0 aromatic carbocycles. The van der Waals surface area contributed by atoms with Crippen LogP contribution in [0.15, 0.2) is 24.3 Å². The highest BCUT2D eigenvalue weighted by Crippen LogP contribution is 2.67. The summed E-state index contributed by atoms with van der Waals surface area (Å²) in [6.45, 7) is 14.8. The second-order valence-electron chi connectivity index (χ2n) is 19.7. The normalized spacial score (nSPS) is 49.3. The number of thioether (sulfide) groups is 1. The lowest BCUT2D eigenvalue weighted by Gasteiger charge is -2.50. The van der Waals surface area contributed by atoms with Crippen LogP contribution < -0.4 is 0 Å². The summed E-state index contributed by atoms with van der Waals surface area (Å²) in [5, 5.41) is 54.3. The standard InChI is InChI=1S/C44H68O13S/c1-24(32-23-41(6)38(58-41)44(55-32)33(46)12-11-29(54-44)22-40(5,50)39(48)49)9-10-28-14-18-43(53-28)19-15-31-37(57-43)34(47)27(4)36(52-31)30(45)21-26(3)35-25(2)13-17-42(56-35)16-7-8-20-51-42/h9-10,24-26,28-38,45-47,50H,4,7-8,11-23H2,1-3,5-6H3,(H,48,49)/t24-,25-,26+,28+,29+,30?,31-,32+,33+,34-,35-,36+,37+,38+,40-,41-,42+,43-,44+/m1/s1. The molecule has 8 rings (SSSR count). The van der Waals surface area contributed by atoms with Crippen LogP contribution in [0.4, 0.5) is 0 Å². The van der Waals surface area contributed by atoms with Gasteiger partial charge in [-0.1, -0.05) is 39.5 Å². The summed E-state index contributed by atoms with van der Waals surface area (Å²) in [5.41, 5.74) is -1.52. The lowest BCUT2D eigenvalue weighted by Crippen LogP contribution is -2.63. The first-order valence-corrected chi connectivity index (χ1v) is 23.0. The molecule has 14 heteroatoms. The third-order valence-corrected chi connectivity index (χ3v) is 16.7. The van der Waals surface area contributed by atoms with Crippen molar-refractivity contribution in [2.45, 2.75) is 219 Å². The first-order valence-electron chi connectivity index (χ1n) is 22.1. The molecule has 8 aliphatic heterocycles. The van der Waals surface area contributed by atoms with Crippen LogP contribution in [0.2, 0.25) is 0 Å². The number of hydrogen-bond acceptors (Lipinski definition) is 13. The molecular formula is C44H68O13S. The maximum Gasteiger partial charge on any atom is 0.335 e. The topological polar surface area (TPSA) is 183 Å². The summed E-state index contributed by atoms with van der Waals surface area (Å²) in [6.07, 6.45) is 8.13. The minimum absolute atomic E-state index is 0.0406. The second kappa shape index (κ2) is 16.2. The largest absolute Gasteiger partial charge is 0.479 e. The predicted molar refractivity (Wildman–Crippen MR) is 214 cm³/mol.